The monoisotopic (exact) mass is 1060 g/mol. The van der Waals surface area contributed by atoms with Crippen molar-refractivity contribution in [3.05, 3.63) is 134 Å². The van der Waals surface area contributed by atoms with Crippen LogP contribution in [0.15, 0.2) is 134 Å². The number of unbranched alkanes of at least 4 members (excludes halogenated alkanes) is 24. The lowest BCUT2D eigenvalue weighted by Gasteiger charge is -2.18. The van der Waals surface area contributed by atoms with Gasteiger partial charge in [-0.15, -0.1) is 0 Å². The summed E-state index contributed by atoms with van der Waals surface area (Å²) in [4.78, 5) is 38.2. The number of carbonyl (C=O) groups is 3. The van der Waals surface area contributed by atoms with E-state index in [1.807, 2.05) is 6.08 Å². The van der Waals surface area contributed by atoms with Crippen molar-refractivity contribution >= 4 is 17.9 Å². The van der Waals surface area contributed by atoms with Gasteiger partial charge in [0.25, 0.3) is 0 Å². The highest BCUT2D eigenvalue weighted by molar-refractivity contribution is 5.72. The zero-order valence-electron chi connectivity index (χ0n) is 49.9. The molecule has 0 aliphatic heterocycles. The van der Waals surface area contributed by atoms with Gasteiger partial charge < -0.3 is 14.2 Å². The summed E-state index contributed by atoms with van der Waals surface area (Å²) in [5.74, 6) is -1.07. The van der Waals surface area contributed by atoms with E-state index in [0.717, 1.165) is 122 Å². The third-order valence-electron chi connectivity index (χ3n) is 13.2. The first-order valence-corrected chi connectivity index (χ1v) is 31.7. The van der Waals surface area contributed by atoms with Gasteiger partial charge in [-0.05, 0) is 116 Å². The van der Waals surface area contributed by atoms with Gasteiger partial charge in [-0.2, -0.15) is 0 Å². The molecule has 0 bridgehead atoms. The van der Waals surface area contributed by atoms with Crippen LogP contribution in [-0.4, -0.2) is 37.2 Å². The fourth-order valence-corrected chi connectivity index (χ4v) is 8.48. The Morgan fingerprint density at radius 2 is 0.558 bits per heavy atom. The molecule has 0 aromatic rings. The van der Waals surface area contributed by atoms with E-state index >= 15 is 0 Å². The molecule has 0 aliphatic rings. The van der Waals surface area contributed by atoms with Crippen molar-refractivity contribution in [2.24, 2.45) is 0 Å². The van der Waals surface area contributed by atoms with Gasteiger partial charge in [0.2, 0.25) is 0 Å². The minimum absolute atomic E-state index is 0.118. The van der Waals surface area contributed by atoms with Crippen molar-refractivity contribution in [2.45, 2.75) is 284 Å². The summed E-state index contributed by atoms with van der Waals surface area (Å²) >= 11 is 0. The second-order valence-electron chi connectivity index (χ2n) is 20.6. The average molecular weight is 1070 g/mol. The highest BCUT2D eigenvalue weighted by atomic mass is 16.6. The summed E-state index contributed by atoms with van der Waals surface area (Å²) in [6, 6.07) is 0. The van der Waals surface area contributed by atoms with E-state index < -0.39 is 12.1 Å². The molecule has 0 rings (SSSR count). The molecule has 0 amide bonds. The zero-order chi connectivity index (χ0) is 55.7. The minimum Gasteiger partial charge on any atom is -0.462 e. The number of carbonyl (C=O) groups excluding carboxylic acids is 3. The molecule has 0 aromatic carbocycles. The van der Waals surface area contributed by atoms with Gasteiger partial charge in [-0.3, -0.25) is 14.4 Å². The Balaban J connectivity index is 4.48. The summed E-state index contributed by atoms with van der Waals surface area (Å²) in [5.41, 5.74) is 0. The lowest BCUT2D eigenvalue weighted by atomic mass is 10.0. The molecule has 0 spiro atoms. The number of hydrogen-bond acceptors (Lipinski definition) is 6. The van der Waals surface area contributed by atoms with E-state index in [4.69, 9.17) is 14.2 Å². The van der Waals surface area contributed by atoms with Crippen LogP contribution in [0.25, 0.3) is 0 Å². The predicted molar refractivity (Wildman–Crippen MR) is 334 cm³/mol. The van der Waals surface area contributed by atoms with Gasteiger partial charge in [0.05, 0.1) is 6.42 Å². The number of rotatable bonds is 56. The quantitative estimate of drug-likeness (QED) is 0.0261. The summed E-state index contributed by atoms with van der Waals surface area (Å²) in [6.45, 7) is 6.32. The first-order valence-electron chi connectivity index (χ1n) is 31.7. The largest absolute Gasteiger partial charge is 0.462 e. The fourth-order valence-electron chi connectivity index (χ4n) is 8.48. The molecule has 436 valence electrons. The third kappa shape index (κ3) is 62.3. The van der Waals surface area contributed by atoms with Crippen LogP contribution in [0.1, 0.15) is 278 Å². The molecule has 0 saturated heterocycles. The molecule has 0 fully saturated rings. The molecule has 0 aromatic heterocycles. The Morgan fingerprint density at radius 3 is 0.922 bits per heavy atom. The molecular weight excluding hydrogens is 949 g/mol. The molecule has 1 unspecified atom stereocenters. The molecule has 0 N–H and O–H groups in total. The first-order chi connectivity index (χ1) is 38.0. The lowest BCUT2D eigenvalue weighted by molar-refractivity contribution is -0.166. The van der Waals surface area contributed by atoms with E-state index in [-0.39, 0.29) is 38.0 Å². The molecule has 0 saturated carbocycles. The van der Waals surface area contributed by atoms with Gasteiger partial charge in [-0.1, -0.05) is 276 Å². The maximum Gasteiger partial charge on any atom is 0.309 e. The van der Waals surface area contributed by atoms with Crippen molar-refractivity contribution in [3.8, 4) is 0 Å². The highest BCUT2D eigenvalue weighted by Crippen LogP contribution is 2.15. The first kappa shape index (κ1) is 72.5. The Labute approximate surface area is 475 Å². The average Bonchev–Trinajstić information content (AvgIpc) is 3.43. The van der Waals surface area contributed by atoms with Gasteiger partial charge in [-0.25, -0.2) is 0 Å². The molecule has 1 atom stereocenters. The maximum absolute atomic E-state index is 12.9. The zero-order valence-corrected chi connectivity index (χ0v) is 49.9. The Morgan fingerprint density at radius 1 is 0.286 bits per heavy atom. The molecule has 0 heterocycles. The van der Waals surface area contributed by atoms with Crippen LogP contribution >= 0.6 is 0 Å². The second kappa shape index (κ2) is 64.1. The number of esters is 3. The van der Waals surface area contributed by atoms with Crippen LogP contribution in [0.5, 0.6) is 0 Å². The minimum atomic E-state index is -0.835. The van der Waals surface area contributed by atoms with Crippen LogP contribution in [-0.2, 0) is 28.6 Å². The Hall–Kier alpha value is -4.45. The molecule has 6 nitrogen and oxygen atoms in total. The van der Waals surface area contributed by atoms with E-state index in [1.165, 1.54) is 116 Å². The van der Waals surface area contributed by atoms with Gasteiger partial charge in [0, 0.05) is 12.8 Å². The molecular formula is C71H116O6. The van der Waals surface area contributed by atoms with Crippen molar-refractivity contribution in [1.29, 1.82) is 0 Å². The highest BCUT2D eigenvalue weighted by Gasteiger charge is 2.19. The smallest absolute Gasteiger partial charge is 0.309 e. The summed E-state index contributed by atoms with van der Waals surface area (Å²) in [6.07, 6.45) is 90.5. The van der Waals surface area contributed by atoms with Crippen molar-refractivity contribution in [2.75, 3.05) is 13.2 Å². The van der Waals surface area contributed by atoms with E-state index in [0.29, 0.717) is 6.42 Å². The van der Waals surface area contributed by atoms with E-state index in [9.17, 15) is 14.4 Å². The van der Waals surface area contributed by atoms with Crippen LogP contribution in [0.2, 0.25) is 0 Å². The predicted octanol–water partition coefficient (Wildman–Crippen LogP) is 21.8. The van der Waals surface area contributed by atoms with Gasteiger partial charge >= 0.3 is 17.9 Å². The molecule has 6 heteroatoms. The summed E-state index contributed by atoms with van der Waals surface area (Å²) in [5, 5.41) is 0. The Bertz CT molecular complexity index is 1650. The molecule has 77 heavy (non-hydrogen) atoms. The molecule has 0 radical (unpaired) electrons. The summed E-state index contributed by atoms with van der Waals surface area (Å²) < 4.78 is 16.8. The van der Waals surface area contributed by atoms with Crippen LogP contribution in [0.4, 0.5) is 0 Å². The second-order valence-corrected chi connectivity index (χ2v) is 20.6. The number of allylic oxidation sites excluding steroid dienone is 21. The van der Waals surface area contributed by atoms with Crippen LogP contribution in [0, 0.1) is 0 Å². The number of ether oxygens (including phenoxy) is 3. The third-order valence-corrected chi connectivity index (χ3v) is 13.2. The van der Waals surface area contributed by atoms with Crippen LogP contribution in [0.3, 0.4) is 0 Å². The van der Waals surface area contributed by atoms with Gasteiger partial charge in [0.1, 0.15) is 13.2 Å². The molecule has 0 aliphatic carbocycles. The topological polar surface area (TPSA) is 78.9 Å². The Kier molecular flexibility index (Phi) is 60.4. The van der Waals surface area contributed by atoms with Crippen molar-refractivity contribution in [1.82, 2.24) is 0 Å². The van der Waals surface area contributed by atoms with Crippen molar-refractivity contribution in [3.63, 3.8) is 0 Å². The van der Waals surface area contributed by atoms with E-state index in [2.05, 4.69) is 142 Å². The summed E-state index contributed by atoms with van der Waals surface area (Å²) in [7, 11) is 0. The van der Waals surface area contributed by atoms with Gasteiger partial charge in [0.15, 0.2) is 6.10 Å². The van der Waals surface area contributed by atoms with Crippen molar-refractivity contribution < 1.29 is 28.6 Å². The normalized spacial score (nSPS) is 13.0. The van der Waals surface area contributed by atoms with Crippen LogP contribution < -0.4 is 0 Å². The fraction of sp³-hybridized carbons (Fsp3) is 0.648. The SMILES string of the molecule is CC/C=C\C/C=C\C/C=C\C/C=C\C/C=C\CCCCCCCC(=O)OC(COC(=O)C/C=C\C/C=C\C/C=C\C/C=C\C/C=C\CC)COC(=O)CCCCCCCCCCCCC/C=C\CCCCCCCCCC. The standard InChI is InChI=1S/C71H116O6/c1-4-7-10-13-16-19-22-25-28-30-32-34-35-37-38-40-43-46-49-52-55-58-61-64-70(73)76-67-68(66-75-69(72)63-60-57-54-51-48-45-42-27-24-21-18-15-12-9-6-3)77-71(74)65-62-59-56-53-50-47-44-41-39-36-33-31-29-26-23-20-17-14-11-8-5-2/h8-9,11-12,17-18,20-21,26-27,29-30,32-33,36,41-42,44,48,51,57,60,68H,4-7,10,13-16,19,22-25,28,31,34-35,37-40,43,45-47,49-50,52-56,58-59,61-67H2,1-3H3/b11-8-,12-9-,20-17-,21-18-,29-26-,32-30-,36-33-,42-27-,44-41-,51-48-,60-57-. The number of hydrogen-bond donors (Lipinski definition) is 0. The van der Waals surface area contributed by atoms with E-state index in [1.54, 1.807) is 6.08 Å². The lowest BCUT2D eigenvalue weighted by Crippen LogP contribution is -2.30. The maximum atomic E-state index is 12.9.